The van der Waals surface area contributed by atoms with Crippen LogP contribution in [0.3, 0.4) is 0 Å². The van der Waals surface area contributed by atoms with Crippen LogP contribution in [0.25, 0.3) is 33.5 Å². The van der Waals surface area contributed by atoms with Gasteiger partial charge in [-0.1, -0.05) is 35.0 Å². The van der Waals surface area contributed by atoms with Crippen molar-refractivity contribution in [3.05, 3.63) is 85.5 Å². The Balaban J connectivity index is 1.65. The maximum atomic E-state index is 13.6. The first-order valence-corrected chi connectivity index (χ1v) is 13.8. The monoisotopic (exact) mass is 637 g/mol. The second-order valence-electron chi connectivity index (χ2n) is 8.70. The molecule has 194 valence electrons. The quantitative estimate of drug-likeness (QED) is 0.162. The average molecular weight is 639 g/mol. The Bertz CT molecular complexity index is 1730. The predicted molar refractivity (Wildman–Crippen MR) is 158 cm³/mol. The normalized spacial score (nSPS) is 12.4. The zero-order valence-electron chi connectivity index (χ0n) is 21.1. The molecule has 0 aliphatic rings. The molecule has 5 aromatic rings. The van der Waals surface area contributed by atoms with Gasteiger partial charge in [0.05, 0.1) is 29.8 Å². The van der Waals surface area contributed by atoms with Crippen LogP contribution in [0.2, 0.25) is 0 Å². The molecule has 0 saturated carbocycles. The number of hydrogen-bond donors (Lipinski definition) is 0. The second-order valence-corrected chi connectivity index (χ2v) is 10.5. The highest BCUT2D eigenvalue weighted by Crippen LogP contribution is 2.34. The lowest BCUT2D eigenvalue weighted by Crippen LogP contribution is -2.20. The van der Waals surface area contributed by atoms with Gasteiger partial charge in [-0.3, -0.25) is 4.79 Å². The molecule has 0 spiro atoms. The molecule has 0 unspecified atom stereocenters. The molecule has 0 fully saturated rings. The van der Waals surface area contributed by atoms with E-state index in [0.717, 1.165) is 20.8 Å². The maximum absolute atomic E-state index is 13.6. The van der Waals surface area contributed by atoms with E-state index < -0.39 is 0 Å². The van der Waals surface area contributed by atoms with Crippen molar-refractivity contribution in [2.45, 2.75) is 33.3 Å². The lowest BCUT2D eigenvalue weighted by atomic mass is 10.2. The van der Waals surface area contributed by atoms with Crippen molar-refractivity contribution < 1.29 is 13.9 Å². The third kappa shape index (κ3) is 5.26. The van der Waals surface area contributed by atoms with Crippen LogP contribution >= 0.6 is 31.9 Å². The van der Waals surface area contributed by atoms with Gasteiger partial charge in [0.15, 0.2) is 17.3 Å². The molecule has 7 nitrogen and oxygen atoms in total. The van der Waals surface area contributed by atoms with E-state index in [1.165, 1.54) is 4.68 Å². The molecule has 0 saturated heterocycles. The van der Waals surface area contributed by atoms with Gasteiger partial charge in [-0.2, -0.15) is 9.78 Å². The van der Waals surface area contributed by atoms with Crippen molar-refractivity contribution in [3.63, 3.8) is 0 Å². The molecule has 9 heteroatoms. The Morgan fingerprint density at radius 3 is 2.68 bits per heavy atom. The summed E-state index contributed by atoms with van der Waals surface area (Å²) in [5.74, 6) is 1.98. The first-order chi connectivity index (χ1) is 18.4. The van der Waals surface area contributed by atoms with E-state index >= 15 is 0 Å². The van der Waals surface area contributed by atoms with E-state index in [-0.39, 0.29) is 11.7 Å². The fourth-order valence-electron chi connectivity index (χ4n) is 3.94. The SMILES string of the molecule is CCOc1cc(C=Nn2c(-c3cc4cc(Br)ccc4o3)nc3ccccc3c2=O)c(Br)cc1O[C@H](C)CC. The van der Waals surface area contributed by atoms with Gasteiger partial charge in [-0.15, -0.1) is 0 Å². The third-order valence-electron chi connectivity index (χ3n) is 6.03. The number of halogens is 2. The summed E-state index contributed by atoms with van der Waals surface area (Å²) in [6, 6.07) is 18.5. The molecule has 0 aliphatic carbocycles. The van der Waals surface area contributed by atoms with Gasteiger partial charge in [0.25, 0.3) is 5.56 Å². The molecule has 0 N–H and O–H groups in total. The van der Waals surface area contributed by atoms with Crippen molar-refractivity contribution in [3.8, 4) is 23.1 Å². The van der Waals surface area contributed by atoms with E-state index in [9.17, 15) is 4.79 Å². The number of hydrogen-bond acceptors (Lipinski definition) is 6. The minimum absolute atomic E-state index is 0.0369. The summed E-state index contributed by atoms with van der Waals surface area (Å²) in [5.41, 5.74) is 1.65. The summed E-state index contributed by atoms with van der Waals surface area (Å²) in [4.78, 5) is 18.3. The van der Waals surface area contributed by atoms with E-state index in [1.807, 2.05) is 56.3 Å². The molecular weight excluding hydrogens is 614 g/mol. The smallest absolute Gasteiger partial charge is 0.282 e. The fourth-order valence-corrected chi connectivity index (χ4v) is 4.75. The van der Waals surface area contributed by atoms with E-state index in [1.54, 1.807) is 24.4 Å². The number of para-hydroxylation sites is 1. The van der Waals surface area contributed by atoms with Crippen LogP contribution in [0.1, 0.15) is 32.8 Å². The molecule has 3 aromatic carbocycles. The number of benzene rings is 3. The number of furan rings is 1. The van der Waals surface area contributed by atoms with Crippen LogP contribution in [-0.2, 0) is 0 Å². The largest absolute Gasteiger partial charge is 0.490 e. The first-order valence-electron chi connectivity index (χ1n) is 12.3. The first kappa shape index (κ1) is 26.2. The van der Waals surface area contributed by atoms with Gasteiger partial charge in [-0.25, -0.2) is 4.98 Å². The maximum Gasteiger partial charge on any atom is 0.282 e. The Morgan fingerprint density at radius 1 is 1.08 bits per heavy atom. The Labute approximate surface area is 236 Å². The lowest BCUT2D eigenvalue weighted by Gasteiger charge is -2.17. The van der Waals surface area contributed by atoms with Crippen LogP contribution in [0, 0.1) is 0 Å². The van der Waals surface area contributed by atoms with Crippen LogP contribution in [0.4, 0.5) is 0 Å². The van der Waals surface area contributed by atoms with E-state index in [2.05, 4.69) is 43.9 Å². The van der Waals surface area contributed by atoms with Crippen LogP contribution < -0.4 is 15.0 Å². The molecule has 0 radical (unpaired) electrons. The van der Waals surface area contributed by atoms with Gasteiger partial charge in [-0.05, 0) is 84.7 Å². The van der Waals surface area contributed by atoms with Crippen molar-refractivity contribution in [1.82, 2.24) is 9.66 Å². The van der Waals surface area contributed by atoms with Gasteiger partial charge in [0.2, 0.25) is 5.82 Å². The summed E-state index contributed by atoms with van der Waals surface area (Å²) in [5, 5.41) is 5.92. The van der Waals surface area contributed by atoms with Gasteiger partial charge in [0.1, 0.15) is 5.58 Å². The van der Waals surface area contributed by atoms with Crippen molar-refractivity contribution >= 4 is 59.9 Å². The minimum atomic E-state index is -0.304. The Hall–Kier alpha value is -3.43. The number of fused-ring (bicyclic) bond motifs is 2. The topological polar surface area (TPSA) is 78.9 Å². The van der Waals surface area contributed by atoms with Crippen LogP contribution in [-0.4, -0.2) is 28.6 Å². The second kappa shape index (κ2) is 11.1. The van der Waals surface area contributed by atoms with Crippen LogP contribution in [0.15, 0.2) is 83.9 Å². The van der Waals surface area contributed by atoms with Crippen molar-refractivity contribution in [2.24, 2.45) is 5.10 Å². The standard InChI is InChI=1S/C29H25Br2N3O4/c1-4-17(3)37-26-15-22(31)19(14-25(26)36-5-2)16-32-34-28(33-23-9-7-6-8-21(23)29(34)35)27-13-18-12-20(30)10-11-24(18)38-27/h6-17H,4-5H2,1-3H3/t17-/m1/s1. The molecule has 0 bridgehead atoms. The number of nitrogens with zero attached hydrogens (tertiary/aromatic N) is 3. The molecule has 2 heterocycles. The Kier molecular flexibility index (Phi) is 7.67. The zero-order valence-corrected chi connectivity index (χ0v) is 24.2. The summed E-state index contributed by atoms with van der Waals surface area (Å²) >= 11 is 7.11. The number of rotatable bonds is 8. The lowest BCUT2D eigenvalue weighted by molar-refractivity contribution is 0.203. The molecule has 0 aliphatic heterocycles. The molecule has 2 aromatic heterocycles. The highest BCUT2D eigenvalue weighted by molar-refractivity contribution is 9.10. The summed E-state index contributed by atoms with van der Waals surface area (Å²) in [6.07, 6.45) is 2.50. The van der Waals surface area contributed by atoms with Gasteiger partial charge >= 0.3 is 0 Å². The molecule has 1 atom stereocenters. The minimum Gasteiger partial charge on any atom is -0.490 e. The van der Waals surface area contributed by atoms with Crippen molar-refractivity contribution in [1.29, 1.82) is 0 Å². The molecule has 38 heavy (non-hydrogen) atoms. The Morgan fingerprint density at radius 2 is 1.89 bits per heavy atom. The van der Waals surface area contributed by atoms with Crippen molar-refractivity contribution in [2.75, 3.05) is 6.61 Å². The number of aromatic nitrogens is 2. The molecule has 0 amide bonds. The molecular formula is C29H25Br2N3O4. The summed E-state index contributed by atoms with van der Waals surface area (Å²) in [6.45, 7) is 6.47. The molecule has 5 rings (SSSR count). The van der Waals surface area contributed by atoms with Gasteiger partial charge < -0.3 is 13.9 Å². The fraction of sp³-hybridized carbons (Fsp3) is 0.207. The summed E-state index contributed by atoms with van der Waals surface area (Å²) < 4.78 is 20.9. The highest BCUT2D eigenvalue weighted by Gasteiger charge is 2.17. The summed E-state index contributed by atoms with van der Waals surface area (Å²) in [7, 11) is 0. The zero-order chi connectivity index (χ0) is 26.8. The highest BCUT2D eigenvalue weighted by atomic mass is 79.9. The number of ether oxygens (including phenoxy) is 2. The van der Waals surface area contributed by atoms with E-state index in [4.69, 9.17) is 18.9 Å². The predicted octanol–water partition coefficient (Wildman–Crippen LogP) is 7.79. The van der Waals surface area contributed by atoms with E-state index in [0.29, 0.717) is 51.7 Å². The van der Waals surface area contributed by atoms with Crippen LogP contribution in [0.5, 0.6) is 11.5 Å². The van der Waals surface area contributed by atoms with Gasteiger partial charge in [0, 0.05) is 19.9 Å². The third-order valence-corrected chi connectivity index (χ3v) is 7.21. The average Bonchev–Trinajstić information content (AvgIpc) is 3.33.